The van der Waals surface area contributed by atoms with Gasteiger partial charge in [0.2, 0.25) is 0 Å². The van der Waals surface area contributed by atoms with Gasteiger partial charge in [0.1, 0.15) is 17.0 Å². The SMILES string of the molecule is COC(=O)C1C=CC(OCCCCCCCCCCCCCCC(=O)OC(C)(C)C)=C(C(=O)OC(C)(C)C)C1. The third-order valence-electron chi connectivity index (χ3n) is 6.30. The quantitative estimate of drug-likeness (QED) is 0.0978. The summed E-state index contributed by atoms with van der Waals surface area (Å²) in [7, 11) is 1.35. The van der Waals surface area contributed by atoms with E-state index in [0.717, 1.165) is 25.7 Å². The van der Waals surface area contributed by atoms with Crippen molar-refractivity contribution in [2.24, 2.45) is 5.92 Å². The van der Waals surface area contributed by atoms with Gasteiger partial charge in [-0.25, -0.2) is 4.79 Å². The summed E-state index contributed by atoms with van der Waals surface area (Å²) in [5, 5.41) is 0. The van der Waals surface area contributed by atoms with E-state index in [1.165, 1.54) is 58.5 Å². The average molecular weight is 551 g/mol. The van der Waals surface area contributed by atoms with Crippen molar-refractivity contribution < 1.29 is 33.3 Å². The first-order valence-electron chi connectivity index (χ1n) is 14.9. The summed E-state index contributed by atoms with van der Waals surface area (Å²) >= 11 is 0. The summed E-state index contributed by atoms with van der Waals surface area (Å²) in [6.07, 6.45) is 18.1. The molecule has 0 amide bonds. The largest absolute Gasteiger partial charge is 0.493 e. The predicted octanol–water partition coefficient (Wildman–Crippen LogP) is 7.76. The minimum Gasteiger partial charge on any atom is -0.493 e. The fourth-order valence-electron chi connectivity index (χ4n) is 4.38. The molecule has 0 N–H and O–H groups in total. The number of ether oxygens (including phenoxy) is 4. The molecule has 0 aromatic rings. The molecule has 0 bridgehead atoms. The van der Waals surface area contributed by atoms with Crippen LogP contribution in [0.4, 0.5) is 0 Å². The highest BCUT2D eigenvalue weighted by Gasteiger charge is 2.30. The zero-order valence-electron chi connectivity index (χ0n) is 25.7. The van der Waals surface area contributed by atoms with Crippen molar-refractivity contribution in [3.8, 4) is 0 Å². The zero-order chi connectivity index (χ0) is 29.3. The molecule has 7 heteroatoms. The van der Waals surface area contributed by atoms with Gasteiger partial charge in [-0.15, -0.1) is 0 Å². The Morgan fingerprint density at radius 1 is 0.744 bits per heavy atom. The Labute approximate surface area is 237 Å². The minimum absolute atomic E-state index is 0.0868. The van der Waals surface area contributed by atoms with E-state index in [9.17, 15) is 14.4 Å². The highest BCUT2D eigenvalue weighted by molar-refractivity contribution is 5.91. The first kappa shape index (κ1) is 34.7. The highest BCUT2D eigenvalue weighted by atomic mass is 16.6. The number of rotatable bonds is 18. The monoisotopic (exact) mass is 550 g/mol. The van der Waals surface area contributed by atoms with Crippen LogP contribution in [0.25, 0.3) is 0 Å². The van der Waals surface area contributed by atoms with Crippen LogP contribution in [0.2, 0.25) is 0 Å². The van der Waals surface area contributed by atoms with E-state index in [0.29, 0.717) is 24.4 Å². The lowest BCUT2D eigenvalue weighted by molar-refractivity contribution is -0.155. The van der Waals surface area contributed by atoms with Crippen LogP contribution < -0.4 is 0 Å². The second-order valence-electron chi connectivity index (χ2n) is 12.5. The summed E-state index contributed by atoms with van der Waals surface area (Å²) in [4.78, 5) is 36.4. The second-order valence-corrected chi connectivity index (χ2v) is 12.5. The van der Waals surface area contributed by atoms with Crippen molar-refractivity contribution >= 4 is 17.9 Å². The Morgan fingerprint density at radius 3 is 1.72 bits per heavy atom. The fraction of sp³-hybridized carbons (Fsp3) is 0.781. The molecular weight excluding hydrogens is 496 g/mol. The number of carbonyl (C=O) groups excluding carboxylic acids is 3. The molecule has 1 unspecified atom stereocenters. The molecule has 0 fully saturated rings. The van der Waals surface area contributed by atoms with Gasteiger partial charge < -0.3 is 18.9 Å². The van der Waals surface area contributed by atoms with Crippen molar-refractivity contribution in [2.45, 2.75) is 143 Å². The van der Waals surface area contributed by atoms with Gasteiger partial charge in [0.05, 0.1) is 25.2 Å². The lowest BCUT2D eigenvalue weighted by Gasteiger charge is -2.24. The maximum Gasteiger partial charge on any atom is 0.338 e. The van der Waals surface area contributed by atoms with E-state index < -0.39 is 17.5 Å². The van der Waals surface area contributed by atoms with Crippen LogP contribution in [-0.4, -0.2) is 42.8 Å². The molecule has 1 aliphatic carbocycles. The topological polar surface area (TPSA) is 88.1 Å². The summed E-state index contributed by atoms with van der Waals surface area (Å²) < 4.78 is 21.7. The molecule has 1 atom stereocenters. The van der Waals surface area contributed by atoms with Gasteiger partial charge in [0, 0.05) is 6.42 Å². The predicted molar refractivity (Wildman–Crippen MR) is 154 cm³/mol. The average Bonchev–Trinajstić information content (AvgIpc) is 2.83. The van der Waals surface area contributed by atoms with Crippen LogP contribution >= 0.6 is 0 Å². The standard InChI is InChI=1S/C32H54O7/c1-31(2,3)38-28(33)20-18-16-14-12-10-8-9-11-13-15-17-19-23-37-27-22-21-25(29(34)36-7)24-26(27)30(35)39-32(4,5)6/h21-22,25H,8-20,23-24H2,1-7H3. The van der Waals surface area contributed by atoms with Gasteiger partial charge in [-0.2, -0.15) is 0 Å². The first-order valence-corrected chi connectivity index (χ1v) is 14.9. The molecule has 7 nitrogen and oxygen atoms in total. The number of hydrogen-bond donors (Lipinski definition) is 0. The van der Waals surface area contributed by atoms with Crippen LogP contribution in [0.5, 0.6) is 0 Å². The first-order chi connectivity index (χ1) is 18.3. The maximum atomic E-state index is 12.7. The summed E-state index contributed by atoms with van der Waals surface area (Å²) in [6, 6.07) is 0. The van der Waals surface area contributed by atoms with E-state index >= 15 is 0 Å². The van der Waals surface area contributed by atoms with Gasteiger partial charge >= 0.3 is 17.9 Å². The molecule has 0 spiro atoms. The second kappa shape index (κ2) is 18.1. The van der Waals surface area contributed by atoms with Crippen LogP contribution in [0.1, 0.15) is 131 Å². The van der Waals surface area contributed by atoms with E-state index in [4.69, 9.17) is 18.9 Å². The molecule has 1 rings (SSSR count). The third kappa shape index (κ3) is 17.1. The lowest BCUT2D eigenvalue weighted by Crippen LogP contribution is -2.28. The molecule has 1 aliphatic rings. The normalized spacial score (nSPS) is 15.7. The molecule has 224 valence electrons. The molecule has 0 saturated carbocycles. The number of carbonyl (C=O) groups is 3. The molecule has 39 heavy (non-hydrogen) atoms. The van der Waals surface area contributed by atoms with Crippen LogP contribution in [0.15, 0.2) is 23.5 Å². The molecule has 0 heterocycles. The Morgan fingerprint density at radius 2 is 1.23 bits per heavy atom. The number of esters is 3. The zero-order valence-corrected chi connectivity index (χ0v) is 25.7. The Balaban J connectivity index is 2.15. The number of unbranched alkanes of at least 4 members (excludes halogenated alkanes) is 11. The van der Waals surface area contributed by atoms with Crippen molar-refractivity contribution in [1.29, 1.82) is 0 Å². The third-order valence-corrected chi connectivity index (χ3v) is 6.30. The minimum atomic E-state index is -0.625. The van der Waals surface area contributed by atoms with Crippen LogP contribution in [0, 0.1) is 5.92 Å². The number of hydrogen-bond acceptors (Lipinski definition) is 7. The van der Waals surface area contributed by atoms with Gasteiger partial charge in [-0.1, -0.05) is 70.3 Å². The summed E-state index contributed by atoms with van der Waals surface area (Å²) in [6.45, 7) is 11.7. The van der Waals surface area contributed by atoms with Gasteiger partial charge in [0.15, 0.2) is 0 Å². The molecule has 0 aliphatic heterocycles. The van der Waals surface area contributed by atoms with Crippen LogP contribution in [0.3, 0.4) is 0 Å². The molecule has 0 aromatic carbocycles. The van der Waals surface area contributed by atoms with Gasteiger partial charge in [-0.3, -0.25) is 9.59 Å². The smallest absolute Gasteiger partial charge is 0.338 e. The highest BCUT2D eigenvalue weighted by Crippen LogP contribution is 2.28. The summed E-state index contributed by atoms with van der Waals surface area (Å²) in [5.41, 5.74) is -0.618. The van der Waals surface area contributed by atoms with E-state index in [-0.39, 0.29) is 24.0 Å². The van der Waals surface area contributed by atoms with Crippen molar-refractivity contribution in [2.75, 3.05) is 13.7 Å². The molecule has 0 radical (unpaired) electrons. The molecule has 0 saturated heterocycles. The van der Waals surface area contributed by atoms with Crippen molar-refractivity contribution in [3.63, 3.8) is 0 Å². The van der Waals surface area contributed by atoms with Gasteiger partial charge in [0.25, 0.3) is 0 Å². The summed E-state index contributed by atoms with van der Waals surface area (Å²) in [5.74, 6) is -0.919. The number of allylic oxidation sites excluding steroid dienone is 1. The van der Waals surface area contributed by atoms with E-state index in [1.54, 1.807) is 12.2 Å². The number of methoxy groups -OCH3 is 1. The van der Waals surface area contributed by atoms with E-state index in [2.05, 4.69) is 0 Å². The molecule has 0 aromatic heterocycles. The maximum absolute atomic E-state index is 12.7. The fourth-order valence-corrected chi connectivity index (χ4v) is 4.38. The van der Waals surface area contributed by atoms with Crippen molar-refractivity contribution in [3.05, 3.63) is 23.5 Å². The lowest BCUT2D eigenvalue weighted by atomic mass is 9.93. The Kier molecular flexibility index (Phi) is 16.1. The van der Waals surface area contributed by atoms with Gasteiger partial charge in [-0.05, 0) is 66.9 Å². The Hall–Kier alpha value is -2.31. The van der Waals surface area contributed by atoms with E-state index in [1.807, 2.05) is 41.5 Å². The molecular formula is C32H54O7. The van der Waals surface area contributed by atoms with Crippen molar-refractivity contribution in [1.82, 2.24) is 0 Å². The Bertz CT molecular complexity index is 811. The van der Waals surface area contributed by atoms with Crippen LogP contribution in [-0.2, 0) is 33.3 Å².